The lowest BCUT2D eigenvalue weighted by molar-refractivity contribution is 0.518. The maximum absolute atomic E-state index is 5.63. The SMILES string of the molecule is NC(=S)c1ccccc1NCc1ccco1. The van der Waals surface area contributed by atoms with E-state index in [-0.39, 0.29) is 0 Å². The highest BCUT2D eigenvalue weighted by molar-refractivity contribution is 7.80. The standard InChI is InChI=1S/C12H12N2OS/c13-12(16)10-5-1-2-6-11(10)14-8-9-4-3-7-15-9/h1-7,14H,8H2,(H2,13,16). The molecule has 0 fully saturated rings. The van der Waals surface area contributed by atoms with E-state index in [0.29, 0.717) is 11.5 Å². The summed E-state index contributed by atoms with van der Waals surface area (Å²) in [4.78, 5) is 0.391. The van der Waals surface area contributed by atoms with Crippen molar-refractivity contribution in [3.63, 3.8) is 0 Å². The predicted molar refractivity (Wildman–Crippen MR) is 68.4 cm³/mol. The molecule has 3 N–H and O–H groups in total. The van der Waals surface area contributed by atoms with Gasteiger partial charge in [-0.2, -0.15) is 0 Å². The summed E-state index contributed by atoms with van der Waals surface area (Å²) in [5, 5.41) is 3.24. The minimum Gasteiger partial charge on any atom is -0.467 e. The number of rotatable bonds is 4. The number of hydrogen-bond donors (Lipinski definition) is 2. The fourth-order valence-corrected chi connectivity index (χ4v) is 1.63. The zero-order chi connectivity index (χ0) is 11.4. The maximum Gasteiger partial charge on any atom is 0.122 e. The molecule has 0 aliphatic rings. The summed E-state index contributed by atoms with van der Waals surface area (Å²) in [6.07, 6.45) is 1.65. The summed E-state index contributed by atoms with van der Waals surface area (Å²) in [7, 11) is 0. The third-order valence-corrected chi connectivity index (χ3v) is 2.45. The van der Waals surface area contributed by atoms with Crippen molar-refractivity contribution in [3.05, 3.63) is 54.0 Å². The lowest BCUT2D eigenvalue weighted by Gasteiger charge is -2.09. The van der Waals surface area contributed by atoms with Gasteiger partial charge < -0.3 is 15.5 Å². The van der Waals surface area contributed by atoms with Crippen LogP contribution in [-0.2, 0) is 6.54 Å². The molecule has 3 nitrogen and oxygen atoms in total. The summed E-state index contributed by atoms with van der Waals surface area (Å²) < 4.78 is 5.23. The molecule has 0 spiro atoms. The second kappa shape index (κ2) is 4.81. The molecule has 1 aromatic carbocycles. The lowest BCUT2D eigenvalue weighted by Crippen LogP contribution is -2.12. The zero-order valence-corrected chi connectivity index (χ0v) is 9.46. The van der Waals surface area contributed by atoms with Crippen LogP contribution in [0.25, 0.3) is 0 Å². The quantitative estimate of drug-likeness (QED) is 0.795. The number of furan rings is 1. The van der Waals surface area contributed by atoms with Crippen LogP contribution in [0.1, 0.15) is 11.3 Å². The number of nitrogens with one attached hydrogen (secondary N) is 1. The maximum atomic E-state index is 5.63. The molecule has 0 aliphatic heterocycles. The van der Waals surface area contributed by atoms with Gasteiger partial charge in [-0.3, -0.25) is 0 Å². The van der Waals surface area contributed by atoms with E-state index < -0.39 is 0 Å². The Kier molecular flexibility index (Phi) is 3.22. The van der Waals surface area contributed by atoms with E-state index in [9.17, 15) is 0 Å². The summed E-state index contributed by atoms with van der Waals surface area (Å²) in [6.45, 7) is 0.618. The van der Waals surface area contributed by atoms with Crippen LogP contribution in [0, 0.1) is 0 Å². The fraction of sp³-hybridized carbons (Fsp3) is 0.0833. The van der Waals surface area contributed by atoms with E-state index in [1.807, 2.05) is 36.4 Å². The third-order valence-electron chi connectivity index (χ3n) is 2.23. The summed E-state index contributed by atoms with van der Waals surface area (Å²) in [6, 6.07) is 11.5. The average Bonchev–Trinajstić information content (AvgIpc) is 2.79. The highest BCUT2D eigenvalue weighted by atomic mass is 32.1. The number of anilines is 1. The second-order valence-corrected chi connectivity index (χ2v) is 3.78. The second-order valence-electron chi connectivity index (χ2n) is 3.34. The van der Waals surface area contributed by atoms with Crippen molar-refractivity contribution in [2.24, 2.45) is 5.73 Å². The molecule has 1 aromatic heterocycles. The molecule has 0 saturated carbocycles. The van der Waals surface area contributed by atoms with Gasteiger partial charge in [-0.15, -0.1) is 0 Å². The molecule has 16 heavy (non-hydrogen) atoms. The van der Waals surface area contributed by atoms with Gasteiger partial charge in [0, 0.05) is 11.3 Å². The van der Waals surface area contributed by atoms with Crippen LogP contribution < -0.4 is 11.1 Å². The first kappa shape index (κ1) is 10.7. The summed E-state index contributed by atoms with van der Waals surface area (Å²) >= 11 is 4.98. The lowest BCUT2D eigenvalue weighted by atomic mass is 10.2. The summed E-state index contributed by atoms with van der Waals surface area (Å²) in [5.41, 5.74) is 7.41. The van der Waals surface area contributed by atoms with Crippen molar-refractivity contribution < 1.29 is 4.42 Å². The van der Waals surface area contributed by atoms with Crippen LogP contribution >= 0.6 is 12.2 Å². The third kappa shape index (κ3) is 2.41. The first-order valence-corrected chi connectivity index (χ1v) is 5.33. The Balaban J connectivity index is 2.12. The van der Waals surface area contributed by atoms with Crippen LogP contribution in [0.2, 0.25) is 0 Å². The topological polar surface area (TPSA) is 51.2 Å². The normalized spacial score (nSPS) is 10.0. The Bertz CT molecular complexity index is 480. The molecule has 1 heterocycles. The van der Waals surface area contributed by atoms with Gasteiger partial charge in [0.25, 0.3) is 0 Å². The van der Waals surface area contributed by atoms with Crippen molar-refractivity contribution in [3.8, 4) is 0 Å². The number of hydrogen-bond acceptors (Lipinski definition) is 3. The molecular weight excluding hydrogens is 220 g/mol. The van der Waals surface area contributed by atoms with Gasteiger partial charge in [0.1, 0.15) is 10.7 Å². The van der Waals surface area contributed by atoms with Crippen LogP contribution in [0.3, 0.4) is 0 Å². The van der Waals surface area contributed by atoms with Crippen molar-refractivity contribution in [2.45, 2.75) is 6.54 Å². The van der Waals surface area contributed by atoms with E-state index in [2.05, 4.69) is 5.32 Å². The van der Waals surface area contributed by atoms with Gasteiger partial charge in [0.05, 0.1) is 12.8 Å². The highest BCUT2D eigenvalue weighted by Gasteiger charge is 2.04. The smallest absolute Gasteiger partial charge is 0.122 e. The van der Waals surface area contributed by atoms with Crippen LogP contribution in [-0.4, -0.2) is 4.99 Å². The molecule has 0 saturated heterocycles. The zero-order valence-electron chi connectivity index (χ0n) is 8.64. The Hall–Kier alpha value is -1.81. The van der Waals surface area contributed by atoms with Crippen molar-refractivity contribution in [2.75, 3.05) is 5.32 Å². The average molecular weight is 232 g/mol. The Labute approximate surface area is 99.3 Å². The molecule has 0 unspecified atom stereocenters. The molecule has 82 valence electrons. The molecule has 0 atom stereocenters. The summed E-state index contributed by atoms with van der Waals surface area (Å²) in [5.74, 6) is 0.873. The molecule has 2 rings (SSSR count). The Morgan fingerprint density at radius 2 is 2.06 bits per heavy atom. The Morgan fingerprint density at radius 3 is 2.75 bits per heavy atom. The molecule has 2 aromatic rings. The van der Waals surface area contributed by atoms with Gasteiger partial charge in [-0.25, -0.2) is 0 Å². The van der Waals surface area contributed by atoms with Crippen molar-refractivity contribution >= 4 is 22.9 Å². The number of para-hydroxylation sites is 1. The molecule has 4 heteroatoms. The molecular formula is C12H12N2OS. The highest BCUT2D eigenvalue weighted by Crippen LogP contribution is 2.16. The van der Waals surface area contributed by atoms with E-state index in [1.54, 1.807) is 6.26 Å². The van der Waals surface area contributed by atoms with Gasteiger partial charge in [-0.05, 0) is 24.3 Å². The van der Waals surface area contributed by atoms with Gasteiger partial charge in [0.15, 0.2) is 0 Å². The van der Waals surface area contributed by atoms with E-state index in [1.165, 1.54) is 0 Å². The predicted octanol–water partition coefficient (Wildman–Crippen LogP) is 2.53. The number of benzene rings is 1. The van der Waals surface area contributed by atoms with Gasteiger partial charge >= 0.3 is 0 Å². The van der Waals surface area contributed by atoms with Crippen molar-refractivity contribution in [1.82, 2.24) is 0 Å². The fourth-order valence-electron chi connectivity index (χ4n) is 1.45. The minimum atomic E-state index is 0.391. The van der Waals surface area contributed by atoms with Crippen molar-refractivity contribution in [1.29, 1.82) is 0 Å². The van der Waals surface area contributed by atoms with Crippen LogP contribution in [0.5, 0.6) is 0 Å². The largest absolute Gasteiger partial charge is 0.467 e. The van der Waals surface area contributed by atoms with Gasteiger partial charge in [-0.1, -0.05) is 24.4 Å². The first-order valence-electron chi connectivity index (χ1n) is 4.92. The molecule has 0 bridgehead atoms. The Morgan fingerprint density at radius 1 is 1.25 bits per heavy atom. The van der Waals surface area contributed by atoms with Crippen LogP contribution in [0.4, 0.5) is 5.69 Å². The molecule has 0 radical (unpaired) electrons. The monoisotopic (exact) mass is 232 g/mol. The van der Waals surface area contributed by atoms with Crippen LogP contribution in [0.15, 0.2) is 47.1 Å². The molecule has 0 aliphatic carbocycles. The van der Waals surface area contributed by atoms with E-state index in [4.69, 9.17) is 22.4 Å². The van der Waals surface area contributed by atoms with E-state index >= 15 is 0 Å². The van der Waals surface area contributed by atoms with Gasteiger partial charge in [0.2, 0.25) is 0 Å². The molecule has 0 amide bonds. The number of thiocarbonyl (C=S) groups is 1. The number of nitrogens with two attached hydrogens (primary N) is 1. The van der Waals surface area contributed by atoms with E-state index in [0.717, 1.165) is 17.0 Å². The minimum absolute atomic E-state index is 0.391. The first-order chi connectivity index (χ1) is 7.77.